The minimum absolute atomic E-state index is 0.863. The molecule has 0 amide bonds. The van der Waals surface area contributed by atoms with Gasteiger partial charge in [-0.2, -0.15) is 0 Å². The Labute approximate surface area is 227 Å². The highest BCUT2D eigenvalue weighted by atomic mass is 15.2. The molecule has 1 aliphatic heterocycles. The van der Waals surface area contributed by atoms with Gasteiger partial charge in [-0.3, -0.25) is 24.7 Å². The van der Waals surface area contributed by atoms with Gasteiger partial charge in [-0.05, 0) is 61.3 Å². The first kappa shape index (κ1) is 26.2. The van der Waals surface area contributed by atoms with E-state index in [1.807, 2.05) is 12.3 Å². The van der Waals surface area contributed by atoms with E-state index in [1.54, 1.807) is 0 Å². The fourth-order valence-electron chi connectivity index (χ4n) is 5.30. The molecular weight excluding hydrogens is 466 g/mol. The number of rotatable bonds is 6. The van der Waals surface area contributed by atoms with E-state index in [2.05, 4.69) is 111 Å². The molecule has 0 N–H and O–H groups in total. The zero-order chi connectivity index (χ0) is 25.8. The Kier molecular flexibility index (Phi) is 9.64. The molecule has 2 bridgehead atoms. The lowest BCUT2D eigenvalue weighted by atomic mass is 10.1. The van der Waals surface area contributed by atoms with E-state index in [0.717, 1.165) is 88.8 Å². The second kappa shape index (κ2) is 14.0. The highest BCUT2D eigenvalue weighted by molar-refractivity contribution is 5.17. The van der Waals surface area contributed by atoms with Crippen molar-refractivity contribution < 1.29 is 0 Å². The Balaban J connectivity index is 1.36. The van der Waals surface area contributed by atoms with Gasteiger partial charge < -0.3 is 0 Å². The summed E-state index contributed by atoms with van der Waals surface area (Å²) < 4.78 is 0. The van der Waals surface area contributed by atoms with Gasteiger partial charge in [0.25, 0.3) is 0 Å². The summed E-state index contributed by atoms with van der Waals surface area (Å²) in [6, 6.07) is 34.4. The van der Waals surface area contributed by atoms with Gasteiger partial charge in [0, 0.05) is 52.0 Å². The van der Waals surface area contributed by atoms with Crippen LogP contribution in [0.4, 0.5) is 0 Å². The monoisotopic (exact) mass is 505 g/mol. The number of fused-ring (bicyclic) bond motifs is 2. The van der Waals surface area contributed by atoms with Gasteiger partial charge >= 0.3 is 0 Å². The molecule has 2 aromatic carbocycles. The third-order valence-corrected chi connectivity index (χ3v) is 7.14. The van der Waals surface area contributed by atoms with E-state index in [9.17, 15) is 0 Å². The number of hydrogen-bond acceptors (Lipinski definition) is 5. The van der Waals surface area contributed by atoms with Crippen molar-refractivity contribution in [1.82, 2.24) is 24.7 Å². The highest BCUT2D eigenvalue weighted by Crippen LogP contribution is 2.15. The van der Waals surface area contributed by atoms with Gasteiger partial charge in [-0.15, -0.1) is 0 Å². The molecule has 2 aromatic heterocycles. The van der Waals surface area contributed by atoms with Crippen LogP contribution < -0.4 is 0 Å². The van der Waals surface area contributed by atoms with Gasteiger partial charge in [-0.25, -0.2) is 0 Å². The maximum absolute atomic E-state index is 5.11. The predicted octanol–water partition coefficient (Wildman–Crippen LogP) is 5.78. The van der Waals surface area contributed by atoms with Crippen LogP contribution in [0.3, 0.4) is 0 Å². The van der Waals surface area contributed by atoms with Crippen LogP contribution >= 0.6 is 0 Å². The lowest BCUT2D eigenvalue weighted by Gasteiger charge is -2.28. The number of nitrogens with zero attached hydrogens (tertiary/aromatic N) is 5. The molecule has 4 aromatic rings. The molecule has 38 heavy (non-hydrogen) atoms. The molecule has 0 aliphatic carbocycles. The number of aromatic nitrogens is 2. The lowest BCUT2D eigenvalue weighted by molar-refractivity contribution is 0.187. The number of benzene rings is 2. The lowest BCUT2D eigenvalue weighted by Crippen LogP contribution is -2.33. The van der Waals surface area contributed by atoms with Crippen LogP contribution in [0.25, 0.3) is 0 Å². The maximum atomic E-state index is 5.11. The van der Waals surface area contributed by atoms with Crippen LogP contribution in [0.5, 0.6) is 0 Å². The molecule has 196 valence electrons. The van der Waals surface area contributed by atoms with Crippen molar-refractivity contribution in [2.45, 2.75) is 45.6 Å². The minimum Gasteiger partial charge on any atom is -0.297 e. The average Bonchev–Trinajstić information content (AvgIpc) is 2.94. The molecule has 0 saturated heterocycles. The highest BCUT2D eigenvalue weighted by Gasteiger charge is 2.15. The quantitative estimate of drug-likeness (QED) is 0.332. The average molecular weight is 506 g/mol. The topological polar surface area (TPSA) is 35.5 Å². The van der Waals surface area contributed by atoms with Crippen LogP contribution in [-0.2, 0) is 32.7 Å². The second-order valence-corrected chi connectivity index (χ2v) is 10.3. The number of pyridine rings is 2. The molecule has 3 heterocycles. The maximum Gasteiger partial charge on any atom is 0.0548 e. The van der Waals surface area contributed by atoms with E-state index in [0.29, 0.717) is 0 Å². The molecule has 0 fully saturated rings. The minimum atomic E-state index is 0.863. The fourth-order valence-corrected chi connectivity index (χ4v) is 5.30. The molecule has 0 unspecified atom stereocenters. The summed E-state index contributed by atoms with van der Waals surface area (Å²) in [5.74, 6) is 0. The molecule has 0 saturated carbocycles. The SMILES string of the molecule is c1ccc(CN2CCCN(Cc3ccccn3)CCCN(Cc3ccccc3)Cc3cccc(n3)C2)cc1. The van der Waals surface area contributed by atoms with Crippen LogP contribution in [-0.4, -0.2) is 50.8 Å². The standard InChI is InChI=1S/C33H39N5/c1-3-12-29(13-4-1)24-37-22-10-20-36(26-31-16-7-8-19-34-31)21-11-23-38(25-30-14-5-2-6-15-30)28-33-18-9-17-32(27-37)35-33/h1-9,12-19H,10-11,20-28H2. The van der Waals surface area contributed by atoms with Gasteiger partial charge in [0.1, 0.15) is 0 Å². The summed E-state index contributed by atoms with van der Waals surface area (Å²) in [6.07, 6.45) is 4.14. The van der Waals surface area contributed by atoms with Crippen LogP contribution in [0.2, 0.25) is 0 Å². The zero-order valence-corrected chi connectivity index (χ0v) is 22.3. The predicted molar refractivity (Wildman–Crippen MR) is 154 cm³/mol. The fraction of sp³-hybridized carbons (Fsp3) is 0.333. The summed E-state index contributed by atoms with van der Waals surface area (Å²) >= 11 is 0. The second-order valence-electron chi connectivity index (χ2n) is 10.3. The Morgan fingerprint density at radius 1 is 0.500 bits per heavy atom. The normalized spacial score (nSPS) is 16.6. The Morgan fingerprint density at radius 2 is 1.03 bits per heavy atom. The largest absolute Gasteiger partial charge is 0.297 e. The summed E-state index contributed by atoms with van der Waals surface area (Å²) in [6.45, 7) is 8.71. The van der Waals surface area contributed by atoms with Gasteiger partial charge in [0.05, 0.1) is 17.1 Å². The van der Waals surface area contributed by atoms with E-state index < -0.39 is 0 Å². The van der Waals surface area contributed by atoms with E-state index in [-0.39, 0.29) is 0 Å². The molecule has 5 heteroatoms. The zero-order valence-electron chi connectivity index (χ0n) is 22.3. The van der Waals surface area contributed by atoms with Crippen LogP contribution in [0.15, 0.2) is 103 Å². The molecule has 0 spiro atoms. The summed E-state index contributed by atoms with van der Waals surface area (Å²) in [7, 11) is 0. The smallest absolute Gasteiger partial charge is 0.0548 e. The van der Waals surface area contributed by atoms with Crippen molar-refractivity contribution in [3.8, 4) is 0 Å². The van der Waals surface area contributed by atoms with Crippen molar-refractivity contribution in [1.29, 1.82) is 0 Å². The van der Waals surface area contributed by atoms with E-state index >= 15 is 0 Å². The Hall–Kier alpha value is -3.38. The molecular formula is C33H39N5. The van der Waals surface area contributed by atoms with E-state index in [4.69, 9.17) is 4.98 Å². The molecule has 1 aliphatic rings. The van der Waals surface area contributed by atoms with E-state index in [1.165, 1.54) is 11.1 Å². The van der Waals surface area contributed by atoms with Crippen molar-refractivity contribution in [2.24, 2.45) is 0 Å². The summed E-state index contributed by atoms with van der Waals surface area (Å²) in [5, 5.41) is 0. The van der Waals surface area contributed by atoms with Crippen LogP contribution in [0.1, 0.15) is 41.1 Å². The molecule has 5 nitrogen and oxygen atoms in total. The van der Waals surface area contributed by atoms with Crippen molar-refractivity contribution in [2.75, 3.05) is 26.2 Å². The molecule has 0 atom stereocenters. The third-order valence-electron chi connectivity index (χ3n) is 7.14. The first-order chi connectivity index (χ1) is 18.8. The van der Waals surface area contributed by atoms with Crippen molar-refractivity contribution in [3.63, 3.8) is 0 Å². The van der Waals surface area contributed by atoms with Gasteiger partial charge in [0.15, 0.2) is 0 Å². The Morgan fingerprint density at radius 3 is 1.55 bits per heavy atom. The third kappa shape index (κ3) is 8.32. The number of hydrogen-bond donors (Lipinski definition) is 0. The Bertz CT molecular complexity index is 1140. The summed E-state index contributed by atoms with van der Waals surface area (Å²) in [5.41, 5.74) is 6.16. The van der Waals surface area contributed by atoms with Gasteiger partial charge in [0.2, 0.25) is 0 Å². The molecule has 5 rings (SSSR count). The van der Waals surface area contributed by atoms with Crippen molar-refractivity contribution >= 4 is 0 Å². The molecule has 0 radical (unpaired) electrons. The van der Waals surface area contributed by atoms with Gasteiger partial charge in [-0.1, -0.05) is 72.8 Å². The van der Waals surface area contributed by atoms with Crippen molar-refractivity contribution in [3.05, 3.63) is 131 Å². The van der Waals surface area contributed by atoms with Crippen LogP contribution in [0, 0.1) is 0 Å². The first-order valence-corrected chi connectivity index (χ1v) is 13.9. The summed E-state index contributed by atoms with van der Waals surface area (Å²) in [4.78, 5) is 17.4. The first-order valence-electron chi connectivity index (χ1n) is 13.9.